The highest BCUT2D eigenvalue weighted by atomic mass is 79.9. The van der Waals surface area contributed by atoms with Gasteiger partial charge in [0.15, 0.2) is 0 Å². The molecule has 0 radical (unpaired) electrons. The zero-order valence-electron chi connectivity index (χ0n) is 12.5. The molecule has 2 N–H and O–H groups in total. The highest BCUT2D eigenvalue weighted by Gasteiger charge is 2.11. The summed E-state index contributed by atoms with van der Waals surface area (Å²) >= 11 is 3.41. The molecular formula is C17H20BrNO2. The minimum Gasteiger partial charge on any atom is -0.508 e. The van der Waals surface area contributed by atoms with Gasteiger partial charge in [0.2, 0.25) is 0 Å². The maximum Gasteiger partial charge on any atom is 0.122 e. The Bertz CT molecular complexity index is 655. The molecule has 0 saturated carbocycles. The van der Waals surface area contributed by atoms with Crippen molar-refractivity contribution in [2.45, 2.75) is 26.9 Å². The minimum atomic E-state index is 0.287. The molecule has 0 aliphatic rings. The minimum absolute atomic E-state index is 0.287. The van der Waals surface area contributed by atoms with Gasteiger partial charge in [0.1, 0.15) is 11.5 Å². The quantitative estimate of drug-likeness (QED) is 0.872. The molecule has 0 saturated heterocycles. The number of phenolic OH excluding ortho intramolecular Hbond substituents is 2. The van der Waals surface area contributed by atoms with Crippen molar-refractivity contribution in [3.05, 3.63) is 57.1 Å². The summed E-state index contributed by atoms with van der Waals surface area (Å²) < 4.78 is 0.943. The zero-order chi connectivity index (χ0) is 15.6. The molecule has 0 spiro atoms. The van der Waals surface area contributed by atoms with E-state index >= 15 is 0 Å². The fourth-order valence-corrected chi connectivity index (χ4v) is 2.90. The highest BCUT2D eigenvalue weighted by Crippen LogP contribution is 2.27. The summed E-state index contributed by atoms with van der Waals surface area (Å²) in [4.78, 5) is 2.06. The number of hydrogen-bond donors (Lipinski definition) is 2. The van der Waals surface area contributed by atoms with Gasteiger partial charge in [0, 0.05) is 28.7 Å². The lowest BCUT2D eigenvalue weighted by Crippen LogP contribution is -2.17. The second-order valence-corrected chi connectivity index (χ2v) is 6.45. The maximum atomic E-state index is 10.2. The molecule has 112 valence electrons. The molecule has 3 nitrogen and oxygen atoms in total. The fourth-order valence-electron chi connectivity index (χ4n) is 2.49. The summed E-state index contributed by atoms with van der Waals surface area (Å²) in [6.45, 7) is 5.17. The van der Waals surface area contributed by atoms with Gasteiger partial charge in [-0.2, -0.15) is 0 Å². The normalized spacial score (nSPS) is 11.1. The summed E-state index contributed by atoms with van der Waals surface area (Å²) in [6.07, 6.45) is 0. The number of phenols is 2. The van der Waals surface area contributed by atoms with Crippen LogP contribution in [0.15, 0.2) is 34.8 Å². The molecule has 0 amide bonds. The monoisotopic (exact) mass is 349 g/mol. The van der Waals surface area contributed by atoms with Crippen molar-refractivity contribution in [3.63, 3.8) is 0 Å². The Labute approximate surface area is 134 Å². The number of aromatic hydroxyl groups is 2. The maximum absolute atomic E-state index is 10.2. The molecule has 0 heterocycles. The van der Waals surface area contributed by atoms with E-state index in [2.05, 4.69) is 20.8 Å². The van der Waals surface area contributed by atoms with E-state index in [4.69, 9.17) is 0 Å². The largest absolute Gasteiger partial charge is 0.508 e. The van der Waals surface area contributed by atoms with Crippen LogP contribution in [-0.2, 0) is 13.1 Å². The van der Waals surface area contributed by atoms with Gasteiger partial charge in [-0.25, -0.2) is 0 Å². The lowest BCUT2D eigenvalue weighted by molar-refractivity contribution is 0.306. The third-order valence-corrected chi connectivity index (χ3v) is 3.94. The van der Waals surface area contributed by atoms with Crippen molar-refractivity contribution >= 4 is 15.9 Å². The molecule has 0 aliphatic heterocycles. The van der Waals surface area contributed by atoms with E-state index < -0.39 is 0 Å². The first-order valence-electron chi connectivity index (χ1n) is 6.82. The van der Waals surface area contributed by atoms with Crippen molar-refractivity contribution in [2.24, 2.45) is 0 Å². The Morgan fingerprint density at radius 3 is 2.38 bits per heavy atom. The van der Waals surface area contributed by atoms with Gasteiger partial charge >= 0.3 is 0 Å². The van der Waals surface area contributed by atoms with E-state index in [1.165, 1.54) is 0 Å². The number of nitrogens with zero attached hydrogens (tertiary/aromatic N) is 1. The second-order valence-electron chi connectivity index (χ2n) is 5.53. The topological polar surface area (TPSA) is 43.7 Å². The lowest BCUT2D eigenvalue weighted by atomic mass is 10.0. The van der Waals surface area contributed by atoms with E-state index in [1.807, 2.05) is 45.2 Å². The van der Waals surface area contributed by atoms with Crippen LogP contribution >= 0.6 is 15.9 Å². The second kappa shape index (κ2) is 6.50. The Kier molecular flexibility index (Phi) is 4.91. The molecular weight excluding hydrogens is 330 g/mol. The number of rotatable bonds is 4. The molecule has 4 heteroatoms. The van der Waals surface area contributed by atoms with E-state index in [-0.39, 0.29) is 5.75 Å². The predicted molar refractivity (Wildman–Crippen MR) is 88.6 cm³/mol. The average molecular weight is 350 g/mol. The summed E-state index contributed by atoms with van der Waals surface area (Å²) in [5, 5.41) is 20.0. The Morgan fingerprint density at radius 2 is 1.67 bits per heavy atom. The molecule has 0 bridgehead atoms. The fraction of sp³-hybridized carbons (Fsp3) is 0.294. The molecule has 0 aliphatic carbocycles. The van der Waals surface area contributed by atoms with Crippen molar-refractivity contribution in [2.75, 3.05) is 7.05 Å². The first kappa shape index (κ1) is 15.9. The predicted octanol–water partition coefficient (Wildman–Crippen LogP) is 4.11. The first-order valence-corrected chi connectivity index (χ1v) is 7.61. The van der Waals surface area contributed by atoms with Gasteiger partial charge in [-0.1, -0.05) is 33.6 Å². The van der Waals surface area contributed by atoms with E-state index in [9.17, 15) is 10.2 Å². The van der Waals surface area contributed by atoms with Crippen LogP contribution in [0.25, 0.3) is 0 Å². The third-order valence-electron chi connectivity index (χ3n) is 3.45. The summed E-state index contributed by atoms with van der Waals surface area (Å²) in [5.74, 6) is 0.639. The Hall–Kier alpha value is -1.52. The zero-order valence-corrected chi connectivity index (χ0v) is 14.1. The van der Waals surface area contributed by atoms with Crippen molar-refractivity contribution < 1.29 is 10.2 Å². The van der Waals surface area contributed by atoms with Crippen LogP contribution in [0.5, 0.6) is 11.5 Å². The summed E-state index contributed by atoms with van der Waals surface area (Å²) in [5.41, 5.74) is 3.79. The van der Waals surface area contributed by atoms with Crippen molar-refractivity contribution in [1.29, 1.82) is 0 Å². The molecule has 2 rings (SSSR count). The van der Waals surface area contributed by atoms with Gasteiger partial charge in [0.25, 0.3) is 0 Å². The van der Waals surface area contributed by atoms with Crippen LogP contribution in [0.1, 0.15) is 22.3 Å². The highest BCUT2D eigenvalue weighted by molar-refractivity contribution is 9.10. The lowest BCUT2D eigenvalue weighted by Gasteiger charge is -2.19. The third kappa shape index (κ3) is 3.99. The summed E-state index contributed by atoms with van der Waals surface area (Å²) in [7, 11) is 1.97. The van der Waals surface area contributed by atoms with Gasteiger partial charge < -0.3 is 10.2 Å². The van der Waals surface area contributed by atoms with E-state index in [0.717, 1.165) is 26.7 Å². The first-order chi connectivity index (χ1) is 9.86. The van der Waals surface area contributed by atoms with Crippen LogP contribution < -0.4 is 0 Å². The summed E-state index contributed by atoms with van der Waals surface area (Å²) in [6, 6.07) is 9.38. The number of aryl methyl sites for hydroxylation is 2. The van der Waals surface area contributed by atoms with Crippen LogP contribution in [0.3, 0.4) is 0 Å². The molecule has 0 aromatic heterocycles. The number of benzene rings is 2. The SMILES string of the molecule is Cc1cc(C)c(O)c(CN(C)Cc2cc(Br)ccc2O)c1. The van der Waals surface area contributed by atoms with Crippen LogP contribution in [-0.4, -0.2) is 22.2 Å². The van der Waals surface area contributed by atoms with Crippen LogP contribution in [0.2, 0.25) is 0 Å². The standard InChI is InChI=1S/C17H20BrNO2/c1-11-6-12(2)17(21)14(7-11)10-19(3)9-13-8-15(18)4-5-16(13)20/h4-8,20-21H,9-10H2,1-3H3. The molecule has 0 unspecified atom stereocenters. The van der Waals surface area contributed by atoms with Gasteiger partial charge in [0.05, 0.1) is 0 Å². The van der Waals surface area contributed by atoms with Crippen LogP contribution in [0, 0.1) is 13.8 Å². The van der Waals surface area contributed by atoms with Crippen molar-refractivity contribution in [1.82, 2.24) is 4.90 Å². The smallest absolute Gasteiger partial charge is 0.122 e. The van der Waals surface area contributed by atoms with Crippen molar-refractivity contribution in [3.8, 4) is 11.5 Å². The van der Waals surface area contributed by atoms with E-state index in [1.54, 1.807) is 6.07 Å². The number of halogens is 1. The molecule has 21 heavy (non-hydrogen) atoms. The molecule has 2 aromatic carbocycles. The molecule has 2 aromatic rings. The molecule has 0 atom stereocenters. The number of hydrogen-bond acceptors (Lipinski definition) is 3. The van der Waals surface area contributed by atoms with E-state index in [0.29, 0.717) is 18.8 Å². The van der Waals surface area contributed by atoms with Gasteiger partial charge in [-0.3, -0.25) is 4.90 Å². The van der Waals surface area contributed by atoms with Gasteiger partial charge in [-0.05, 0) is 44.7 Å². The Balaban J connectivity index is 2.15. The Morgan fingerprint density at radius 1 is 1.00 bits per heavy atom. The van der Waals surface area contributed by atoms with Gasteiger partial charge in [-0.15, -0.1) is 0 Å². The molecule has 0 fully saturated rings. The van der Waals surface area contributed by atoms with Crippen LogP contribution in [0.4, 0.5) is 0 Å². The average Bonchev–Trinajstić information content (AvgIpc) is 2.39.